The maximum Gasteiger partial charge on any atom is 0.228 e. The fourth-order valence-corrected chi connectivity index (χ4v) is 3.49. The number of para-hydroxylation sites is 1. The number of carbonyl (C=O) groups is 1. The summed E-state index contributed by atoms with van der Waals surface area (Å²) >= 11 is 0. The highest BCUT2D eigenvalue weighted by Crippen LogP contribution is 2.21. The second-order valence-electron chi connectivity index (χ2n) is 6.93. The van der Waals surface area contributed by atoms with E-state index >= 15 is 0 Å². The number of hydrogen-bond donors (Lipinski definition) is 1. The lowest BCUT2D eigenvalue weighted by molar-refractivity contribution is -0.115. The van der Waals surface area contributed by atoms with Gasteiger partial charge < -0.3 is 5.32 Å². The number of rotatable bonds is 4. The van der Waals surface area contributed by atoms with Crippen LogP contribution in [0, 0.1) is 20.8 Å². The largest absolute Gasteiger partial charge is 0.324 e. The molecule has 0 fully saturated rings. The van der Waals surface area contributed by atoms with Gasteiger partial charge in [-0.15, -0.1) is 0 Å². The molecule has 0 radical (unpaired) electrons. The zero-order chi connectivity index (χ0) is 19.8. The Kier molecular flexibility index (Phi) is 4.43. The molecule has 1 N–H and O–H groups in total. The molecule has 0 aliphatic heterocycles. The van der Waals surface area contributed by atoms with Crippen LogP contribution in [0.4, 0.5) is 5.69 Å². The van der Waals surface area contributed by atoms with Crippen molar-refractivity contribution in [1.82, 2.24) is 24.5 Å². The van der Waals surface area contributed by atoms with Crippen LogP contribution in [-0.4, -0.2) is 30.5 Å². The van der Waals surface area contributed by atoms with E-state index in [1.165, 1.54) is 0 Å². The van der Waals surface area contributed by atoms with Crippen LogP contribution >= 0.6 is 0 Å². The summed E-state index contributed by atoms with van der Waals surface area (Å²) < 4.78 is 3.62. The van der Waals surface area contributed by atoms with Crippen LogP contribution in [0.3, 0.4) is 0 Å². The molecule has 0 saturated heterocycles. The second kappa shape index (κ2) is 6.92. The highest BCUT2D eigenvalue weighted by molar-refractivity contribution is 5.94. The Labute approximate surface area is 163 Å². The predicted octanol–water partition coefficient (Wildman–Crippen LogP) is 3.26. The highest BCUT2D eigenvalue weighted by atomic mass is 16.1. The number of hydrogen-bond acceptors (Lipinski definition) is 4. The minimum atomic E-state index is -0.0958. The molecule has 0 bridgehead atoms. The van der Waals surface area contributed by atoms with E-state index in [0.717, 1.165) is 39.4 Å². The van der Waals surface area contributed by atoms with E-state index in [0.29, 0.717) is 5.69 Å². The number of pyridine rings is 1. The van der Waals surface area contributed by atoms with E-state index < -0.39 is 0 Å². The van der Waals surface area contributed by atoms with Gasteiger partial charge >= 0.3 is 0 Å². The van der Waals surface area contributed by atoms with Crippen molar-refractivity contribution >= 4 is 22.6 Å². The number of anilines is 1. The topological polar surface area (TPSA) is 77.6 Å². The van der Waals surface area contributed by atoms with Gasteiger partial charge in [-0.3, -0.25) is 9.48 Å². The first-order valence-corrected chi connectivity index (χ1v) is 9.13. The van der Waals surface area contributed by atoms with Gasteiger partial charge in [0.1, 0.15) is 0 Å². The summed E-state index contributed by atoms with van der Waals surface area (Å²) in [7, 11) is 1.86. The Morgan fingerprint density at radius 1 is 1.07 bits per heavy atom. The fourth-order valence-electron chi connectivity index (χ4n) is 3.49. The summed E-state index contributed by atoms with van der Waals surface area (Å²) in [6.45, 7) is 5.85. The molecule has 0 aliphatic carbocycles. The lowest BCUT2D eigenvalue weighted by Crippen LogP contribution is -2.15. The summed E-state index contributed by atoms with van der Waals surface area (Å²) in [4.78, 5) is 17.1. The summed E-state index contributed by atoms with van der Waals surface area (Å²) in [6.07, 6.45) is 1.92. The van der Waals surface area contributed by atoms with Crippen molar-refractivity contribution in [2.45, 2.75) is 27.2 Å². The maximum atomic E-state index is 12.7. The van der Waals surface area contributed by atoms with Crippen LogP contribution in [0.2, 0.25) is 0 Å². The molecule has 0 saturated carbocycles. The van der Waals surface area contributed by atoms with Crippen molar-refractivity contribution < 1.29 is 4.79 Å². The average molecular weight is 374 g/mol. The minimum absolute atomic E-state index is 0.0958. The first kappa shape index (κ1) is 17.9. The summed E-state index contributed by atoms with van der Waals surface area (Å²) in [5.41, 5.74) is 6.09. The Morgan fingerprint density at radius 3 is 2.57 bits per heavy atom. The number of nitrogens with one attached hydrogen (secondary N) is 1. The van der Waals surface area contributed by atoms with Gasteiger partial charge in [-0.1, -0.05) is 18.2 Å². The molecule has 3 heterocycles. The third-order valence-electron chi connectivity index (χ3n) is 4.93. The van der Waals surface area contributed by atoms with Crippen LogP contribution < -0.4 is 5.32 Å². The molecule has 28 heavy (non-hydrogen) atoms. The number of aryl methyl sites for hydroxylation is 3. The SMILES string of the molecule is Cc1nn(-c2ccccc2)c(C)c1CC(=O)Nc1cnc2c(c1)c(C)nn2C. The van der Waals surface area contributed by atoms with Gasteiger partial charge in [0.25, 0.3) is 0 Å². The lowest BCUT2D eigenvalue weighted by atomic mass is 10.1. The monoisotopic (exact) mass is 374 g/mol. The van der Waals surface area contributed by atoms with Gasteiger partial charge in [-0.05, 0) is 39.0 Å². The Bertz CT molecular complexity index is 1170. The van der Waals surface area contributed by atoms with Crippen molar-refractivity contribution in [3.8, 4) is 5.69 Å². The normalized spacial score (nSPS) is 11.1. The predicted molar refractivity (Wildman–Crippen MR) is 109 cm³/mol. The van der Waals surface area contributed by atoms with Crippen molar-refractivity contribution in [3.05, 3.63) is 65.2 Å². The van der Waals surface area contributed by atoms with Crippen LogP contribution in [0.15, 0.2) is 42.6 Å². The number of aromatic nitrogens is 5. The quantitative estimate of drug-likeness (QED) is 0.595. The van der Waals surface area contributed by atoms with Gasteiger partial charge in [0, 0.05) is 23.7 Å². The average Bonchev–Trinajstić information content (AvgIpc) is 3.12. The molecule has 0 unspecified atom stereocenters. The first-order chi connectivity index (χ1) is 13.4. The summed E-state index contributed by atoms with van der Waals surface area (Å²) in [6, 6.07) is 11.8. The van der Waals surface area contributed by atoms with Gasteiger partial charge in [-0.2, -0.15) is 10.2 Å². The molecule has 0 aliphatic rings. The van der Waals surface area contributed by atoms with E-state index in [4.69, 9.17) is 0 Å². The number of nitrogens with zero attached hydrogens (tertiary/aromatic N) is 5. The fraction of sp³-hybridized carbons (Fsp3) is 0.238. The molecule has 1 aromatic carbocycles. The molecule has 4 aromatic rings. The molecule has 0 atom stereocenters. The smallest absolute Gasteiger partial charge is 0.228 e. The van der Waals surface area contributed by atoms with Crippen molar-refractivity contribution in [2.75, 3.05) is 5.32 Å². The van der Waals surface area contributed by atoms with E-state index in [1.807, 2.05) is 68.9 Å². The van der Waals surface area contributed by atoms with Gasteiger partial charge in [0.05, 0.1) is 35.4 Å². The second-order valence-corrected chi connectivity index (χ2v) is 6.93. The highest BCUT2D eigenvalue weighted by Gasteiger charge is 2.16. The molecule has 3 aromatic heterocycles. The molecule has 4 rings (SSSR count). The van der Waals surface area contributed by atoms with E-state index in [2.05, 4.69) is 20.5 Å². The lowest BCUT2D eigenvalue weighted by Gasteiger charge is -2.07. The van der Waals surface area contributed by atoms with Crippen molar-refractivity contribution in [2.24, 2.45) is 7.05 Å². The standard InChI is InChI=1S/C21H22N6O/c1-13-18(15(3)27(25-13)17-8-6-5-7-9-17)11-20(28)23-16-10-19-14(2)24-26(4)21(19)22-12-16/h5-10,12H,11H2,1-4H3,(H,23,28). The Balaban J connectivity index is 1.56. The number of benzene rings is 1. The molecule has 0 spiro atoms. The van der Waals surface area contributed by atoms with E-state index in [-0.39, 0.29) is 12.3 Å². The van der Waals surface area contributed by atoms with Crippen molar-refractivity contribution in [1.29, 1.82) is 0 Å². The summed E-state index contributed by atoms with van der Waals surface area (Å²) in [5, 5.41) is 12.9. The molecule has 142 valence electrons. The molecular formula is C21H22N6O. The molecular weight excluding hydrogens is 352 g/mol. The zero-order valence-corrected chi connectivity index (χ0v) is 16.4. The minimum Gasteiger partial charge on any atom is -0.324 e. The van der Waals surface area contributed by atoms with Crippen LogP contribution in [0.25, 0.3) is 16.7 Å². The third-order valence-corrected chi connectivity index (χ3v) is 4.93. The number of carbonyl (C=O) groups excluding carboxylic acids is 1. The Hall–Kier alpha value is -3.48. The van der Waals surface area contributed by atoms with Gasteiger partial charge in [-0.25, -0.2) is 9.67 Å². The molecule has 7 nitrogen and oxygen atoms in total. The number of amides is 1. The maximum absolute atomic E-state index is 12.7. The zero-order valence-electron chi connectivity index (χ0n) is 16.4. The molecule has 7 heteroatoms. The first-order valence-electron chi connectivity index (χ1n) is 9.13. The summed E-state index contributed by atoms with van der Waals surface area (Å²) in [5.74, 6) is -0.0958. The van der Waals surface area contributed by atoms with E-state index in [1.54, 1.807) is 10.9 Å². The van der Waals surface area contributed by atoms with Crippen molar-refractivity contribution in [3.63, 3.8) is 0 Å². The number of fused-ring (bicyclic) bond motifs is 1. The Morgan fingerprint density at radius 2 is 1.82 bits per heavy atom. The van der Waals surface area contributed by atoms with Gasteiger partial charge in [0.2, 0.25) is 5.91 Å². The van der Waals surface area contributed by atoms with Crippen LogP contribution in [0.5, 0.6) is 0 Å². The molecule has 1 amide bonds. The van der Waals surface area contributed by atoms with Crippen LogP contribution in [-0.2, 0) is 18.3 Å². The third kappa shape index (κ3) is 3.15. The van der Waals surface area contributed by atoms with E-state index in [9.17, 15) is 4.79 Å². The van der Waals surface area contributed by atoms with Gasteiger partial charge in [0.15, 0.2) is 5.65 Å². The van der Waals surface area contributed by atoms with Crippen LogP contribution in [0.1, 0.15) is 22.6 Å².